The summed E-state index contributed by atoms with van der Waals surface area (Å²) in [4.78, 5) is 4.26. The fourth-order valence-electron chi connectivity index (χ4n) is 1.89. The molecule has 5 heteroatoms. The topological polar surface area (TPSA) is 47.3 Å². The summed E-state index contributed by atoms with van der Waals surface area (Å²) >= 11 is 2.08. The summed E-state index contributed by atoms with van der Waals surface area (Å²) in [5.74, 6) is 0. The van der Waals surface area contributed by atoms with Gasteiger partial charge in [0.15, 0.2) is 5.58 Å². The van der Waals surface area contributed by atoms with Crippen molar-refractivity contribution in [2.45, 2.75) is 6.10 Å². The lowest BCUT2D eigenvalue weighted by Crippen LogP contribution is -2.33. The summed E-state index contributed by atoms with van der Waals surface area (Å²) in [5, 5.41) is 3.31. The molecule has 3 rings (SSSR count). The second-order valence-electron chi connectivity index (χ2n) is 3.76. The molecule has 1 atom stereocenters. The molecule has 0 saturated carbocycles. The molecule has 2 heterocycles. The zero-order valence-corrected chi connectivity index (χ0v) is 10.7. The molecule has 16 heavy (non-hydrogen) atoms. The van der Waals surface area contributed by atoms with Crippen LogP contribution in [0.5, 0.6) is 0 Å². The SMILES string of the molecule is Ic1nc2ccc(C3CNCCO3)cc2o1. The number of oxazole rings is 1. The van der Waals surface area contributed by atoms with Gasteiger partial charge in [-0.1, -0.05) is 6.07 Å². The van der Waals surface area contributed by atoms with Gasteiger partial charge in [-0.15, -0.1) is 0 Å². The van der Waals surface area contributed by atoms with Crippen molar-refractivity contribution in [3.05, 3.63) is 27.7 Å². The molecule has 1 aromatic heterocycles. The van der Waals surface area contributed by atoms with Crippen molar-refractivity contribution < 1.29 is 9.15 Å². The highest BCUT2D eigenvalue weighted by molar-refractivity contribution is 14.1. The van der Waals surface area contributed by atoms with Gasteiger partial charge in [0, 0.05) is 35.7 Å². The van der Waals surface area contributed by atoms with E-state index < -0.39 is 0 Å². The smallest absolute Gasteiger partial charge is 0.258 e. The molecule has 84 valence electrons. The van der Waals surface area contributed by atoms with Gasteiger partial charge in [-0.25, -0.2) is 4.98 Å². The maximum Gasteiger partial charge on any atom is 0.258 e. The molecule has 1 aromatic carbocycles. The van der Waals surface area contributed by atoms with Crippen LogP contribution < -0.4 is 5.32 Å². The van der Waals surface area contributed by atoms with Crippen LogP contribution in [0, 0.1) is 3.90 Å². The molecule has 1 aliphatic rings. The molecule has 1 unspecified atom stereocenters. The number of morpholine rings is 1. The number of nitrogens with zero attached hydrogens (tertiary/aromatic N) is 1. The Morgan fingerprint density at radius 1 is 1.44 bits per heavy atom. The first-order chi connectivity index (χ1) is 7.83. The number of rotatable bonds is 1. The number of benzene rings is 1. The Morgan fingerprint density at radius 2 is 2.38 bits per heavy atom. The van der Waals surface area contributed by atoms with Gasteiger partial charge in [0.05, 0.1) is 12.7 Å². The molecule has 4 nitrogen and oxygen atoms in total. The third kappa shape index (κ3) is 1.94. The molecule has 1 saturated heterocycles. The standard InChI is InChI=1S/C11H11IN2O2/c12-11-14-8-2-1-7(5-9(8)16-11)10-6-13-3-4-15-10/h1-2,5,10,13H,3-4,6H2. The number of aromatic nitrogens is 1. The van der Waals surface area contributed by atoms with Gasteiger partial charge in [0.25, 0.3) is 3.90 Å². The fraction of sp³-hybridized carbons (Fsp3) is 0.364. The fourth-order valence-corrected chi connectivity index (χ4v) is 2.39. The summed E-state index contributed by atoms with van der Waals surface area (Å²) in [6.45, 7) is 2.55. The summed E-state index contributed by atoms with van der Waals surface area (Å²) in [5.41, 5.74) is 2.88. The van der Waals surface area contributed by atoms with Crippen LogP contribution in [0.3, 0.4) is 0 Å². The van der Waals surface area contributed by atoms with E-state index in [1.807, 2.05) is 12.1 Å². The second-order valence-corrected chi connectivity index (χ2v) is 4.68. The summed E-state index contributed by atoms with van der Waals surface area (Å²) in [6, 6.07) is 6.05. The van der Waals surface area contributed by atoms with E-state index in [0.717, 1.165) is 36.4 Å². The average Bonchev–Trinajstić information content (AvgIpc) is 2.69. The van der Waals surface area contributed by atoms with Crippen LogP contribution in [0.25, 0.3) is 11.1 Å². The third-order valence-corrected chi connectivity index (χ3v) is 3.15. The monoisotopic (exact) mass is 330 g/mol. The Labute approximate surface area is 107 Å². The normalized spacial score (nSPS) is 21.4. The molecule has 0 bridgehead atoms. The number of ether oxygens (including phenoxy) is 1. The van der Waals surface area contributed by atoms with Crippen LogP contribution >= 0.6 is 22.6 Å². The van der Waals surface area contributed by atoms with Crippen LogP contribution in [0.1, 0.15) is 11.7 Å². The predicted molar refractivity (Wildman–Crippen MR) is 68.3 cm³/mol. The van der Waals surface area contributed by atoms with Crippen LogP contribution in [0.15, 0.2) is 22.6 Å². The second kappa shape index (κ2) is 4.31. The minimum atomic E-state index is 0.126. The molecule has 1 fully saturated rings. The van der Waals surface area contributed by atoms with Gasteiger partial charge in [-0.2, -0.15) is 0 Å². The molecule has 0 amide bonds. The van der Waals surface area contributed by atoms with Gasteiger partial charge in [0.2, 0.25) is 0 Å². The first-order valence-electron chi connectivity index (χ1n) is 5.21. The Balaban J connectivity index is 1.97. The predicted octanol–water partition coefficient (Wildman–Crippen LogP) is 2.09. The number of nitrogens with one attached hydrogen (secondary N) is 1. The van der Waals surface area contributed by atoms with Gasteiger partial charge in [-0.05, 0) is 17.7 Å². The molecule has 0 spiro atoms. The van der Waals surface area contributed by atoms with E-state index in [9.17, 15) is 0 Å². The van der Waals surface area contributed by atoms with Crippen molar-refractivity contribution >= 4 is 33.7 Å². The quantitative estimate of drug-likeness (QED) is 0.814. The average molecular weight is 330 g/mol. The molecule has 0 aliphatic carbocycles. The largest absolute Gasteiger partial charge is 0.432 e. The third-order valence-electron chi connectivity index (χ3n) is 2.69. The molecular formula is C11H11IN2O2. The number of hydrogen-bond donors (Lipinski definition) is 1. The molecule has 1 N–H and O–H groups in total. The van der Waals surface area contributed by atoms with Crippen molar-refractivity contribution in [1.29, 1.82) is 0 Å². The maximum absolute atomic E-state index is 5.69. The van der Waals surface area contributed by atoms with Gasteiger partial charge in [0.1, 0.15) is 5.52 Å². The van der Waals surface area contributed by atoms with Gasteiger partial charge >= 0.3 is 0 Å². The Kier molecular flexibility index (Phi) is 2.82. The van der Waals surface area contributed by atoms with Crippen molar-refractivity contribution in [3.8, 4) is 0 Å². The molecule has 0 radical (unpaired) electrons. The van der Waals surface area contributed by atoms with Crippen molar-refractivity contribution in [3.63, 3.8) is 0 Å². The van der Waals surface area contributed by atoms with E-state index in [-0.39, 0.29) is 6.10 Å². The van der Waals surface area contributed by atoms with Crippen LogP contribution in [-0.2, 0) is 4.74 Å². The summed E-state index contributed by atoms with van der Waals surface area (Å²) < 4.78 is 11.9. The lowest BCUT2D eigenvalue weighted by Gasteiger charge is -2.23. The van der Waals surface area contributed by atoms with E-state index in [4.69, 9.17) is 9.15 Å². The number of hydrogen-bond acceptors (Lipinski definition) is 4. The van der Waals surface area contributed by atoms with Gasteiger partial charge in [-0.3, -0.25) is 0 Å². The number of fused-ring (bicyclic) bond motifs is 1. The minimum Gasteiger partial charge on any atom is -0.432 e. The summed E-state index contributed by atoms with van der Waals surface area (Å²) in [7, 11) is 0. The van der Waals surface area contributed by atoms with E-state index in [1.165, 1.54) is 0 Å². The van der Waals surface area contributed by atoms with E-state index in [1.54, 1.807) is 0 Å². The van der Waals surface area contributed by atoms with Crippen LogP contribution in [0.2, 0.25) is 0 Å². The van der Waals surface area contributed by atoms with Crippen LogP contribution in [-0.4, -0.2) is 24.7 Å². The van der Waals surface area contributed by atoms with E-state index >= 15 is 0 Å². The lowest BCUT2D eigenvalue weighted by molar-refractivity contribution is 0.0277. The Hall–Kier alpha value is -0.660. The highest BCUT2D eigenvalue weighted by atomic mass is 127. The van der Waals surface area contributed by atoms with Crippen molar-refractivity contribution in [2.75, 3.05) is 19.7 Å². The summed E-state index contributed by atoms with van der Waals surface area (Å²) in [6.07, 6.45) is 0.126. The van der Waals surface area contributed by atoms with Crippen molar-refractivity contribution in [1.82, 2.24) is 10.3 Å². The molecule has 1 aliphatic heterocycles. The Morgan fingerprint density at radius 3 is 3.19 bits per heavy atom. The first-order valence-corrected chi connectivity index (χ1v) is 6.29. The molecular weight excluding hydrogens is 319 g/mol. The maximum atomic E-state index is 5.69. The zero-order valence-electron chi connectivity index (χ0n) is 8.57. The zero-order chi connectivity index (χ0) is 11.0. The minimum absolute atomic E-state index is 0.126. The first kappa shape index (κ1) is 10.5. The van der Waals surface area contributed by atoms with E-state index in [2.05, 4.69) is 39.0 Å². The van der Waals surface area contributed by atoms with E-state index in [0.29, 0.717) is 3.90 Å². The Bertz CT molecular complexity index is 506. The number of halogens is 1. The van der Waals surface area contributed by atoms with Crippen molar-refractivity contribution in [2.24, 2.45) is 0 Å². The highest BCUT2D eigenvalue weighted by Gasteiger charge is 2.16. The highest BCUT2D eigenvalue weighted by Crippen LogP contribution is 2.24. The van der Waals surface area contributed by atoms with Gasteiger partial charge < -0.3 is 14.5 Å². The van der Waals surface area contributed by atoms with Crippen LogP contribution in [0.4, 0.5) is 0 Å². The molecule has 2 aromatic rings. The lowest BCUT2D eigenvalue weighted by atomic mass is 10.1.